The highest BCUT2D eigenvalue weighted by Gasteiger charge is 2.07. The quantitative estimate of drug-likeness (QED) is 0.794. The Hall–Kier alpha value is -2.72. The summed E-state index contributed by atoms with van der Waals surface area (Å²) in [6.45, 7) is 0. The lowest BCUT2D eigenvalue weighted by molar-refractivity contribution is 0.102. The van der Waals surface area contributed by atoms with Crippen LogP contribution >= 0.6 is 11.6 Å². The standard InChI is InChI=1S/C17H12ClN3O/c18-15-6-2-1-5-14(15)12-7-8-16(20-11-12)21-17(22)13-4-3-9-19-10-13/h1-11H,(H,20,21,22). The molecule has 0 atom stereocenters. The number of pyridine rings is 2. The first-order chi connectivity index (χ1) is 10.7. The molecule has 2 aromatic heterocycles. The Morgan fingerprint density at radius 2 is 1.86 bits per heavy atom. The monoisotopic (exact) mass is 309 g/mol. The SMILES string of the molecule is O=C(Nc1ccc(-c2ccccc2Cl)cn1)c1cccnc1. The minimum absolute atomic E-state index is 0.244. The van der Waals surface area contributed by atoms with Gasteiger partial charge in [-0.2, -0.15) is 0 Å². The average Bonchev–Trinajstić information content (AvgIpc) is 2.57. The summed E-state index contributed by atoms with van der Waals surface area (Å²) in [6.07, 6.45) is 4.81. The zero-order chi connectivity index (χ0) is 15.4. The smallest absolute Gasteiger partial charge is 0.258 e. The number of nitrogens with one attached hydrogen (secondary N) is 1. The van der Waals surface area contributed by atoms with Gasteiger partial charge in [0, 0.05) is 34.7 Å². The molecule has 1 N–H and O–H groups in total. The summed E-state index contributed by atoms with van der Waals surface area (Å²) in [5, 5.41) is 3.39. The Morgan fingerprint density at radius 1 is 1.00 bits per heavy atom. The van der Waals surface area contributed by atoms with Crippen molar-refractivity contribution in [3.63, 3.8) is 0 Å². The number of aromatic nitrogens is 2. The fourth-order valence-electron chi connectivity index (χ4n) is 2.01. The van der Waals surface area contributed by atoms with Gasteiger partial charge in [-0.1, -0.05) is 29.8 Å². The van der Waals surface area contributed by atoms with E-state index >= 15 is 0 Å². The van der Waals surface area contributed by atoms with E-state index in [0.29, 0.717) is 16.4 Å². The van der Waals surface area contributed by atoms with E-state index in [2.05, 4.69) is 15.3 Å². The molecule has 0 saturated heterocycles. The molecular weight excluding hydrogens is 298 g/mol. The summed E-state index contributed by atoms with van der Waals surface area (Å²) >= 11 is 6.16. The highest BCUT2D eigenvalue weighted by Crippen LogP contribution is 2.27. The number of anilines is 1. The Bertz CT molecular complexity index is 789. The van der Waals surface area contributed by atoms with Crippen LogP contribution in [0.25, 0.3) is 11.1 Å². The molecule has 3 rings (SSSR count). The first kappa shape index (κ1) is 14.2. The molecule has 2 heterocycles. The van der Waals surface area contributed by atoms with Crippen LogP contribution in [0.1, 0.15) is 10.4 Å². The van der Waals surface area contributed by atoms with Gasteiger partial charge in [-0.15, -0.1) is 0 Å². The molecule has 1 amide bonds. The molecule has 0 aliphatic carbocycles. The summed E-state index contributed by atoms with van der Waals surface area (Å²) < 4.78 is 0. The van der Waals surface area contributed by atoms with Gasteiger partial charge in [0.1, 0.15) is 5.82 Å². The summed E-state index contributed by atoms with van der Waals surface area (Å²) in [5.41, 5.74) is 2.28. The Labute approximate surface area is 132 Å². The van der Waals surface area contributed by atoms with Gasteiger partial charge in [0.15, 0.2) is 0 Å². The number of hydrogen-bond donors (Lipinski definition) is 1. The van der Waals surface area contributed by atoms with Crippen molar-refractivity contribution >= 4 is 23.3 Å². The number of carbonyl (C=O) groups is 1. The second-order valence-corrected chi connectivity index (χ2v) is 5.01. The number of benzene rings is 1. The molecule has 0 spiro atoms. The van der Waals surface area contributed by atoms with Crippen molar-refractivity contribution in [3.8, 4) is 11.1 Å². The van der Waals surface area contributed by atoms with Gasteiger partial charge in [0.25, 0.3) is 5.91 Å². The van der Waals surface area contributed by atoms with Crippen LogP contribution in [0.4, 0.5) is 5.82 Å². The van der Waals surface area contributed by atoms with Gasteiger partial charge in [-0.05, 0) is 30.3 Å². The topological polar surface area (TPSA) is 54.9 Å². The predicted molar refractivity (Wildman–Crippen MR) is 86.9 cm³/mol. The molecular formula is C17H12ClN3O. The molecule has 0 bridgehead atoms. The number of nitrogens with zero attached hydrogens (tertiary/aromatic N) is 2. The van der Waals surface area contributed by atoms with Crippen molar-refractivity contribution in [2.24, 2.45) is 0 Å². The molecule has 0 aliphatic rings. The molecule has 0 radical (unpaired) electrons. The van der Waals surface area contributed by atoms with E-state index in [1.54, 1.807) is 30.6 Å². The molecule has 5 heteroatoms. The highest BCUT2D eigenvalue weighted by atomic mass is 35.5. The minimum atomic E-state index is -0.244. The highest BCUT2D eigenvalue weighted by molar-refractivity contribution is 6.33. The number of carbonyl (C=O) groups excluding carboxylic acids is 1. The third-order valence-electron chi connectivity index (χ3n) is 3.11. The zero-order valence-corrected chi connectivity index (χ0v) is 12.3. The summed E-state index contributed by atoms with van der Waals surface area (Å²) in [4.78, 5) is 20.2. The third-order valence-corrected chi connectivity index (χ3v) is 3.44. The van der Waals surface area contributed by atoms with Gasteiger partial charge in [-0.3, -0.25) is 9.78 Å². The van der Waals surface area contributed by atoms with Crippen LogP contribution in [0.3, 0.4) is 0 Å². The van der Waals surface area contributed by atoms with Crippen LogP contribution in [-0.4, -0.2) is 15.9 Å². The maximum Gasteiger partial charge on any atom is 0.258 e. The van der Waals surface area contributed by atoms with Gasteiger partial charge in [0.2, 0.25) is 0 Å². The van der Waals surface area contributed by atoms with Gasteiger partial charge >= 0.3 is 0 Å². The van der Waals surface area contributed by atoms with E-state index in [0.717, 1.165) is 11.1 Å². The molecule has 0 aliphatic heterocycles. The van der Waals surface area contributed by atoms with E-state index in [-0.39, 0.29) is 5.91 Å². The number of halogens is 1. The number of amides is 1. The maximum absolute atomic E-state index is 12.0. The lowest BCUT2D eigenvalue weighted by atomic mass is 10.1. The van der Waals surface area contributed by atoms with E-state index in [9.17, 15) is 4.79 Å². The minimum Gasteiger partial charge on any atom is -0.307 e. The molecule has 22 heavy (non-hydrogen) atoms. The molecule has 108 valence electrons. The lowest BCUT2D eigenvalue weighted by Gasteiger charge is -2.07. The first-order valence-corrected chi connectivity index (χ1v) is 7.04. The Morgan fingerprint density at radius 3 is 2.55 bits per heavy atom. The van der Waals surface area contributed by atoms with Crippen molar-refractivity contribution in [3.05, 3.63) is 77.7 Å². The second-order valence-electron chi connectivity index (χ2n) is 4.61. The maximum atomic E-state index is 12.0. The number of hydrogen-bond acceptors (Lipinski definition) is 3. The van der Waals surface area contributed by atoms with Crippen molar-refractivity contribution in [1.29, 1.82) is 0 Å². The molecule has 0 saturated carbocycles. The zero-order valence-electron chi connectivity index (χ0n) is 11.5. The largest absolute Gasteiger partial charge is 0.307 e. The normalized spacial score (nSPS) is 10.2. The van der Waals surface area contributed by atoms with Crippen molar-refractivity contribution in [2.75, 3.05) is 5.32 Å². The fourth-order valence-corrected chi connectivity index (χ4v) is 2.25. The van der Waals surface area contributed by atoms with Gasteiger partial charge in [0.05, 0.1) is 5.56 Å². The van der Waals surface area contributed by atoms with Gasteiger partial charge < -0.3 is 5.32 Å². The molecule has 4 nitrogen and oxygen atoms in total. The summed E-state index contributed by atoms with van der Waals surface area (Å²) in [7, 11) is 0. The van der Waals surface area contributed by atoms with Crippen LogP contribution in [0.2, 0.25) is 5.02 Å². The molecule has 0 unspecified atom stereocenters. The van der Waals surface area contributed by atoms with Crippen LogP contribution in [-0.2, 0) is 0 Å². The van der Waals surface area contributed by atoms with Crippen molar-refractivity contribution in [2.45, 2.75) is 0 Å². The molecule has 0 fully saturated rings. The molecule has 1 aromatic carbocycles. The fraction of sp³-hybridized carbons (Fsp3) is 0. The Kier molecular flexibility index (Phi) is 4.12. The van der Waals surface area contributed by atoms with Crippen LogP contribution < -0.4 is 5.32 Å². The van der Waals surface area contributed by atoms with Crippen molar-refractivity contribution < 1.29 is 4.79 Å². The van der Waals surface area contributed by atoms with E-state index in [4.69, 9.17) is 11.6 Å². The summed E-state index contributed by atoms with van der Waals surface area (Å²) in [6, 6.07) is 14.6. The third kappa shape index (κ3) is 3.13. The van der Waals surface area contributed by atoms with E-state index in [1.165, 1.54) is 6.20 Å². The predicted octanol–water partition coefficient (Wildman–Crippen LogP) is 4.05. The van der Waals surface area contributed by atoms with E-state index in [1.807, 2.05) is 30.3 Å². The van der Waals surface area contributed by atoms with Crippen LogP contribution in [0.5, 0.6) is 0 Å². The lowest BCUT2D eigenvalue weighted by Crippen LogP contribution is -2.12. The average molecular weight is 310 g/mol. The van der Waals surface area contributed by atoms with Crippen LogP contribution in [0.15, 0.2) is 67.1 Å². The van der Waals surface area contributed by atoms with Gasteiger partial charge in [-0.25, -0.2) is 4.98 Å². The Balaban J connectivity index is 1.78. The number of rotatable bonds is 3. The van der Waals surface area contributed by atoms with Crippen molar-refractivity contribution in [1.82, 2.24) is 9.97 Å². The van der Waals surface area contributed by atoms with E-state index < -0.39 is 0 Å². The first-order valence-electron chi connectivity index (χ1n) is 6.66. The van der Waals surface area contributed by atoms with Crippen LogP contribution in [0, 0.1) is 0 Å². The molecule has 3 aromatic rings. The second kappa shape index (κ2) is 6.37. The summed E-state index contributed by atoms with van der Waals surface area (Å²) in [5.74, 6) is 0.232.